The summed E-state index contributed by atoms with van der Waals surface area (Å²) in [4.78, 5) is 18.2. The number of fused-ring (bicyclic) bond motifs is 1. The number of carbonyl (C=O) groups excluding carboxylic acids is 1. The van der Waals surface area contributed by atoms with E-state index in [1.165, 1.54) is 12.8 Å². The largest absolute Gasteiger partial charge is 0.465 e. The Balaban J connectivity index is 2.08. The van der Waals surface area contributed by atoms with Gasteiger partial charge >= 0.3 is 5.97 Å². The summed E-state index contributed by atoms with van der Waals surface area (Å²) < 4.78 is 5.24. The fourth-order valence-electron chi connectivity index (χ4n) is 3.28. The average Bonchev–Trinajstić information content (AvgIpc) is 2.50. The second kappa shape index (κ2) is 4.82. The highest BCUT2D eigenvalue weighted by molar-refractivity contribution is 5.82. The zero-order valence-corrected chi connectivity index (χ0v) is 12.0. The van der Waals surface area contributed by atoms with Gasteiger partial charge in [-0.2, -0.15) is 5.06 Å². The van der Waals surface area contributed by atoms with E-state index < -0.39 is 5.54 Å². The van der Waals surface area contributed by atoms with Crippen LogP contribution in [-0.2, 0) is 14.4 Å². The Morgan fingerprint density at radius 2 is 2.17 bits per heavy atom. The third-order valence-corrected chi connectivity index (χ3v) is 3.94. The monoisotopic (exact) mass is 255 g/mol. The molecule has 0 N–H and O–H groups in total. The lowest BCUT2D eigenvalue weighted by Crippen LogP contribution is -2.66. The van der Waals surface area contributed by atoms with E-state index in [1.54, 1.807) is 0 Å². The molecule has 2 unspecified atom stereocenters. The number of unbranched alkanes of at least 4 members (excludes halogenated alkanes) is 1. The molecular weight excluding hydrogens is 230 g/mol. The maximum Gasteiger partial charge on any atom is 0.329 e. The summed E-state index contributed by atoms with van der Waals surface area (Å²) in [6, 6.07) is 0.385. The average molecular weight is 255 g/mol. The Bertz CT molecular complexity index is 329. The lowest BCUT2D eigenvalue weighted by molar-refractivity contribution is -0.285. The summed E-state index contributed by atoms with van der Waals surface area (Å²) in [7, 11) is 0. The van der Waals surface area contributed by atoms with Crippen LogP contribution in [0.1, 0.15) is 59.8 Å². The Morgan fingerprint density at radius 1 is 1.44 bits per heavy atom. The summed E-state index contributed by atoms with van der Waals surface area (Å²) in [6.07, 6.45) is 5.09. The Kier molecular flexibility index (Phi) is 3.70. The third-order valence-electron chi connectivity index (χ3n) is 3.94. The molecule has 2 atom stereocenters. The van der Waals surface area contributed by atoms with E-state index in [2.05, 4.69) is 6.92 Å². The van der Waals surface area contributed by atoms with Crippen LogP contribution in [0.4, 0.5) is 0 Å². The molecule has 2 aliphatic rings. The topological polar surface area (TPSA) is 38.8 Å². The molecule has 0 aromatic rings. The molecule has 2 heterocycles. The highest BCUT2D eigenvalue weighted by atomic mass is 16.7. The Hall–Kier alpha value is -0.610. The first-order valence-electron chi connectivity index (χ1n) is 7.11. The van der Waals surface area contributed by atoms with Crippen LogP contribution >= 0.6 is 0 Å². The molecule has 104 valence electrons. The van der Waals surface area contributed by atoms with E-state index in [4.69, 9.17) is 9.57 Å². The van der Waals surface area contributed by atoms with Crippen molar-refractivity contribution in [2.24, 2.45) is 0 Å². The van der Waals surface area contributed by atoms with Gasteiger partial charge in [0, 0.05) is 12.5 Å². The van der Waals surface area contributed by atoms with Crippen LogP contribution in [0.2, 0.25) is 0 Å². The summed E-state index contributed by atoms with van der Waals surface area (Å²) in [5.74, 6) is -0.108. The zero-order valence-electron chi connectivity index (χ0n) is 12.0. The minimum absolute atomic E-state index is 0.108. The predicted octanol–water partition coefficient (Wildman–Crippen LogP) is 2.67. The number of nitrogens with zero attached hydrogens (tertiary/aromatic N) is 1. The molecule has 0 saturated carbocycles. The van der Waals surface area contributed by atoms with Crippen LogP contribution in [0.3, 0.4) is 0 Å². The number of rotatable bonds is 5. The van der Waals surface area contributed by atoms with E-state index in [1.807, 2.05) is 25.8 Å². The summed E-state index contributed by atoms with van der Waals surface area (Å²) >= 11 is 0. The Morgan fingerprint density at radius 3 is 2.78 bits per heavy atom. The molecule has 0 radical (unpaired) electrons. The van der Waals surface area contributed by atoms with Crippen molar-refractivity contribution in [3.05, 3.63) is 0 Å². The fraction of sp³-hybridized carbons (Fsp3) is 0.929. The van der Waals surface area contributed by atoms with Gasteiger partial charge in [0.05, 0.1) is 12.2 Å². The fourth-order valence-corrected chi connectivity index (χ4v) is 3.28. The van der Waals surface area contributed by atoms with Crippen LogP contribution in [-0.4, -0.2) is 34.8 Å². The van der Waals surface area contributed by atoms with Crippen molar-refractivity contribution >= 4 is 5.97 Å². The zero-order chi connectivity index (χ0) is 13.4. The molecule has 2 saturated heterocycles. The van der Waals surface area contributed by atoms with Crippen molar-refractivity contribution in [1.82, 2.24) is 5.06 Å². The quantitative estimate of drug-likeness (QED) is 0.708. The van der Waals surface area contributed by atoms with E-state index in [0.29, 0.717) is 12.6 Å². The normalized spacial score (nSPS) is 33.9. The molecule has 4 heteroatoms. The number of esters is 1. The highest BCUT2D eigenvalue weighted by Gasteiger charge is 2.66. The van der Waals surface area contributed by atoms with Crippen molar-refractivity contribution in [3.8, 4) is 0 Å². The van der Waals surface area contributed by atoms with Crippen molar-refractivity contribution in [1.29, 1.82) is 0 Å². The van der Waals surface area contributed by atoms with Crippen LogP contribution in [0.15, 0.2) is 0 Å². The number of hydroxylamine groups is 2. The molecular formula is C14H25NO3. The Labute approximate surface area is 110 Å². The van der Waals surface area contributed by atoms with Gasteiger partial charge in [-0.15, -0.1) is 0 Å². The molecule has 2 rings (SSSR count). The standard InChI is InChI=1S/C14H25NO3/c1-5-7-8-11-9-14(12(16)17-6-2)10-13(3,4)18-15(11)14/h11H,5-10H2,1-4H3. The summed E-state index contributed by atoms with van der Waals surface area (Å²) in [5, 5.41) is 1.93. The first kappa shape index (κ1) is 13.8. The van der Waals surface area contributed by atoms with E-state index >= 15 is 0 Å². The SMILES string of the molecule is CCCCC1CC2(C(=O)OCC)CC(C)(C)ON12. The molecule has 0 spiro atoms. The molecule has 0 aromatic carbocycles. The lowest BCUT2D eigenvalue weighted by Gasteiger charge is -2.50. The number of hydrogen-bond donors (Lipinski definition) is 0. The van der Waals surface area contributed by atoms with Gasteiger partial charge in [-0.1, -0.05) is 19.8 Å². The maximum absolute atomic E-state index is 12.2. The molecule has 0 aliphatic carbocycles. The third kappa shape index (κ3) is 2.16. The molecule has 0 amide bonds. The highest BCUT2D eigenvalue weighted by Crippen LogP contribution is 2.52. The number of hydrogen-bond acceptors (Lipinski definition) is 4. The van der Waals surface area contributed by atoms with Gasteiger partial charge in [0.2, 0.25) is 0 Å². The van der Waals surface area contributed by atoms with Crippen LogP contribution in [0.25, 0.3) is 0 Å². The van der Waals surface area contributed by atoms with Crippen molar-refractivity contribution in [3.63, 3.8) is 0 Å². The minimum atomic E-state index is -0.502. The molecule has 18 heavy (non-hydrogen) atoms. The summed E-state index contributed by atoms with van der Waals surface area (Å²) in [6.45, 7) is 8.57. The van der Waals surface area contributed by atoms with Gasteiger partial charge in [0.1, 0.15) is 5.54 Å². The second-order valence-corrected chi connectivity index (χ2v) is 6.11. The predicted molar refractivity (Wildman–Crippen MR) is 68.9 cm³/mol. The van der Waals surface area contributed by atoms with Gasteiger partial charge in [0.25, 0.3) is 0 Å². The van der Waals surface area contributed by atoms with Gasteiger partial charge in [-0.25, -0.2) is 4.79 Å². The van der Waals surface area contributed by atoms with Gasteiger partial charge in [0.15, 0.2) is 0 Å². The lowest BCUT2D eigenvalue weighted by atomic mass is 9.74. The van der Waals surface area contributed by atoms with Crippen LogP contribution in [0.5, 0.6) is 0 Å². The van der Waals surface area contributed by atoms with Crippen molar-refractivity contribution < 1.29 is 14.4 Å². The molecule has 2 aliphatic heterocycles. The molecule has 4 nitrogen and oxygen atoms in total. The van der Waals surface area contributed by atoms with Gasteiger partial charge in [-0.05, 0) is 33.6 Å². The minimum Gasteiger partial charge on any atom is -0.465 e. The van der Waals surface area contributed by atoms with E-state index in [0.717, 1.165) is 19.3 Å². The van der Waals surface area contributed by atoms with Crippen molar-refractivity contribution in [2.45, 2.75) is 77.0 Å². The summed E-state index contributed by atoms with van der Waals surface area (Å²) in [5.41, 5.74) is -0.758. The first-order chi connectivity index (χ1) is 8.45. The van der Waals surface area contributed by atoms with Crippen molar-refractivity contribution in [2.75, 3.05) is 6.61 Å². The number of carbonyl (C=O) groups is 1. The first-order valence-corrected chi connectivity index (χ1v) is 7.11. The van der Waals surface area contributed by atoms with Crippen LogP contribution < -0.4 is 0 Å². The van der Waals surface area contributed by atoms with Gasteiger partial charge < -0.3 is 4.74 Å². The molecule has 2 fully saturated rings. The van der Waals surface area contributed by atoms with Crippen LogP contribution in [0, 0.1) is 0 Å². The maximum atomic E-state index is 12.2. The van der Waals surface area contributed by atoms with E-state index in [9.17, 15) is 4.79 Å². The second-order valence-electron chi connectivity index (χ2n) is 6.11. The smallest absolute Gasteiger partial charge is 0.329 e. The number of ether oxygens (including phenoxy) is 1. The van der Waals surface area contributed by atoms with E-state index in [-0.39, 0.29) is 11.6 Å². The molecule has 0 bridgehead atoms. The molecule has 0 aromatic heterocycles. The van der Waals surface area contributed by atoms with Gasteiger partial charge in [-0.3, -0.25) is 4.84 Å².